The Bertz CT molecular complexity index is 327. The Morgan fingerprint density at radius 1 is 1.47 bits per heavy atom. The van der Waals surface area contributed by atoms with Crippen molar-refractivity contribution in [3.05, 3.63) is 29.6 Å². The first-order chi connectivity index (χ1) is 7.08. The van der Waals surface area contributed by atoms with Crippen molar-refractivity contribution < 1.29 is 0 Å². The smallest absolute Gasteiger partial charge is 0.0541 e. The van der Waals surface area contributed by atoms with Crippen molar-refractivity contribution in [2.45, 2.75) is 33.7 Å². The maximum atomic E-state index is 4.37. The molecule has 0 bridgehead atoms. The number of pyridine rings is 1. The Labute approximate surface area is 92.1 Å². The fraction of sp³-hybridized carbons (Fsp3) is 0.615. The Morgan fingerprint density at radius 2 is 2.20 bits per heavy atom. The van der Waals surface area contributed by atoms with Gasteiger partial charge in [-0.2, -0.15) is 0 Å². The predicted molar refractivity (Wildman–Crippen MR) is 62.6 cm³/mol. The zero-order valence-electron chi connectivity index (χ0n) is 9.88. The van der Waals surface area contributed by atoms with Crippen molar-refractivity contribution >= 4 is 0 Å². The average molecular weight is 204 g/mol. The Hall–Kier alpha value is -0.890. The van der Waals surface area contributed by atoms with Crippen LogP contribution in [0.4, 0.5) is 0 Å². The van der Waals surface area contributed by atoms with Crippen LogP contribution >= 0.6 is 0 Å². The topological polar surface area (TPSA) is 24.9 Å². The van der Waals surface area contributed by atoms with Gasteiger partial charge in [-0.15, -0.1) is 0 Å². The summed E-state index contributed by atoms with van der Waals surface area (Å²) in [4.78, 5) is 4.37. The van der Waals surface area contributed by atoms with Gasteiger partial charge in [-0.1, -0.05) is 19.9 Å². The number of aromatic nitrogens is 1. The van der Waals surface area contributed by atoms with Crippen LogP contribution in [0.25, 0.3) is 0 Å². The molecule has 2 heteroatoms. The lowest BCUT2D eigenvalue weighted by Crippen LogP contribution is -2.18. The number of rotatable bonds is 4. The van der Waals surface area contributed by atoms with E-state index in [4.69, 9.17) is 0 Å². The SMILES string of the molecule is Cc1ccc(CNCC2CC2(C)C)nc1. The van der Waals surface area contributed by atoms with E-state index in [0.29, 0.717) is 5.41 Å². The van der Waals surface area contributed by atoms with Gasteiger partial charge < -0.3 is 5.32 Å². The van der Waals surface area contributed by atoms with Gasteiger partial charge in [0.1, 0.15) is 0 Å². The highest BCUT2D eigenvalue weighted by atomic mass is 14.9. The molecule has 15 heavy (non-hydrogen) atoms. The maximum Gasteiger partial charge on any atom is 0.0541 e. The van der Waals surface area contributed by atoms with Crippen LogP contribution in [0.2, 0.25) is 0 Å². The molecule has 0 saturated heterocycles. The van der Waals surface area contributed by atoms with Crippen LogP contribution in [0.15, 0.2) is 18.3 Å². The van der Waals surface area contributed by atoms with Gasteiger partial charge in [-0.3, -0.25) is 4.98 Å². The zero-order chi connectivity index (χ0) is 10.9. The lowest BCUT2D eigenvalue weighted by atomic mass is 10.1. The summed E-state index contributed by atoms with van der Waals surface area (Å²) in [6.07, 6.45) is 3.29. The van der Waals surface area contributed by atoms with Crippen molar-refractivity contribution in [3.63, 3.8) is 0 Å². The Morgan fingerprint density at radius 3 is 2.73 bits per heavy atom. The van der Waals surface area contributed by atoms with Crippen molar-refractivity contribution in [2.75, 3.05) is 6.54 Å². The third-order valence-corrected chi connectivity index (χ3v) is 3.39. The van der Waals surface area contributed by atoms with Crippen molar-refractivity contribution in [1.82, 2.24) is 10.3 Å². The first-order valence-corrected chi connectivity index (χ1v) is 5.70. The van der Waals surface area contributed by atoms with Gasteiger partial charge in [0.25, 0.3) is 0 Å². The summed E-state index contributed by atoms with van der Waals surface area (Å²) in [5.41, 5.74) is 2.94. The number of hydrogen-bond donors (Lipinski definition) is 1. The molecular weight excluding hydrogens is 184 g/mol. The normalized spacial score (nSPS) is 22.7. The number of nitrogens with one attached hydrogen (secondary N) is 1. The van der Waals surface area contributed by atoms with Gasteiger partial charge >= 0.3 is 0 Å². The van der Waals surface area contributed by atoms with Gasteiger partial charge in [-0.05, 0) is 42.9 Å². The molecule has 2 nitrogen and oxygen atoms in total. The fourth-order valence-corrected chi connectivity index (χ4v) is 1.90. The summed E-state index contributed by atoms with van der Waals surface area (Å²) in [5, 5.41) is 3.48. The summed E-state index contributed by atoms with van der Waals surface area (Å²) < 4.78 is 0. The highest BCUT2D eigenvalue weighted by Gasteiger charge is 2.44. The lowest BCUT2D eigenvalue weighted by molar-refractivity contribution is 0.517. The molecule has 1 heterocycles. The summed E-state index contributed by atoms with van der Waals surface area (Å²) >= 11 is 0. The molecule has 2 rings (SSSR count). The van der Waals surface area contributed by atoms with Gasteiger partial charge in [0.15, 0.2) is 0 Å². The quantitative estimate of drug-likeness (QED) is 0.815. The average Bonchev–Trinajstić information content (AvgIpc) is 2.78. The van der Waals surface area contributed by atoms with Crippen molar-refractivity contribution in [3.8, 4) is 0 Å². The highest BCUT2D eigenvalue weighted by molar-refractivity contribution is 5.12. The van der Waals surface area contributed by atoms with E-state index in [0.717, 1.165) is 24.7 Å². The van der Waals surface area contributed by atoms with Crippen LogP contribution in [0, 0.1) is 18.3 Å². The molecule has 0 amide bonds. The molecule has 1 fully saturated rings. The molecule has 1 aliphatic carbocycles. The monoisotopic (exact) mass is 204 g/mol. The molecule has 1 saturated carbocycles. The molecule has 1 aromatic heterocycles. The Kier molecular flexibility index (Phi) is 2.79. The van der Waals surface area contributed by atoms with E-state index in [9.17, 15) is 0 Å². The molecule has 82 valence electrons. The standard InChI is InChI=1S/C13H20N2/c1-10-4-5-12(15-7-10)9-14-8-11-6-13(11,2)3/h4-5,7,11,14H,6,8-9H2,1-3H3. The van der Waals surface area contributed by atoms with Crippen LogP contribution in [-0.4, -0.2) is 11.5 Å². The first-order valence-electron chi connectivity index (χ1n) is 5.70. The first kappa shape index (κ1) is 10.6. The number of aryl methyl sites for hydroxylation is 1. The van der Waals surface area contributed by atoms with Crippen LogP contribution in [0.1, 0.15) is 31.5 Å². The van der Waals surface area contributed by atoms with Gasteiger partial charge in [0, 0.05) is 12.7 Å². The minimum atomic E-state index is 0.577. The van der Waals surface area contributed by atoms with E-state index in [-0.39, 0.29) is 0 Å². The summed E-state index contributed by atoms with van der Waals surface area (Å²) in [7, 11) is 0. The molecule has 0 radical (unpaired) electrons. The molecule has 1 aromatic rings. The van der Waals surface area contributed by atoms with Crippen molar-refractivity contribution in [1.29, 1.82) is 0 Å². The van der Waals surface area contributed by atoms with E-state index in [1.807, 2.05) is 6.20 Å². The van der Waals surface area contributed by atoms with E-state index >= 15 is 0 Å². The second kappa shape index (κ2) is 3.93. The van der Waals surface area contributed by atoms with Gasteiger partial charge in [-0.25, -0.2) is 0 Å². The van der Waals surface area contributed by atoms with E-state index in [2.05, 4.69) is 43.2 Å². The summed E-state index contributed by atoms with van der Waals surface area (Å²) in [6.45, 7) is 8.76. The van der Waals surface area contributed by atoms with Crippen LogP contribution in [0.5, 0.6) is 0 Å². The zero-order valence-corrected chi connectivity index (χ0v) is 9.88. The van der Waals surface area contributed by atoms with Crippen LogP contribution in [-0.2, 0) is 6.54 Å². The third kappa shape index (κ3) is 2.78. The molecule has 0 aliphatic heterocycles. The van der Waals surface area contributed by atoms with E-state index in [1.165, 1.54) is 12.0 Å². The number of nitrogens with zero attached hydrogens (tertiary/aromatic N) is 1. The molecule has 1 atom stereocenters. The second-order valence-corrected chi connectivity index (χ2v) is 5.35. The Balaban J connectivity index is 1.72. The highest BCUT2D eigenvalue weighted by Crippen LogP contribution is 2.50. The van der Waals surface area contributed by atoms with Crippen LogP contribution in [0.3, 0.4) is 0 Å². The lowest BCUT2D eigenvalue weighted by Gasteiger charge is -2.05. The predicted octanol–water partition coefficient (Wildman–Crippen LogP) is 2.53. The fourth-order valence-electron chi connectivity index (χ4n) is 1.90. The molecule has 1 unspecified atom stereocenters. The molecular formula is C13H20N2. The van der Waals surface area contributed by atoms with E-state index < -0.39 is 0 Å². The third-order valence-electron chi connectivity index (χ3n) is 3.39. The molecule has 0 spiro atoms. The second-order valence-electron chi connectivity index (χ2n) is 5.35. The molecule has 1 N–H and O–H groups in total. The van der Waals surface area contributed by atoms with E-state index in [1.54, 1.807) is 0 Å². The van der Waals surface area contributed by atoms with Gasteiger partial charge in [0.2, 0.25) is 0 Å². The summed E-state index contributed by atoms with van der Waals surface area (Å²) in [6, 6.07) is 4.21. The van der Waals surface area contributed by atoms with Crippen LogP contribution < -0.4 is 5.32 Å². The minimum absolute atomic E-state index is 0.577. The largest absolute Gasteiger partial charge is 0.311 e. The minimum Gasteiger partial charge on any atom is -0.311 e. The van der Waals surface area contributed by atoms with Gasteiger partial charge in [0.05, 0.1) is 5.69 Å². The molecule has 1 aliphatic rings. The maximum absolute atomic E-state index is 4.37. The molecule has 0 aromatic carbocycles. The van der Waals surface area contributed by atoms with Crippen molar-refractivity contribution in [2.24, 2.45) is 11.3 Å². The number of hydrogen-bond acceptors (Lipinski definition) is 2. The summed E-state index contributed by atoms with van der Waals surface area (Å²) in [5.74, 6) is 0.864.